The quantitative estimate of drug-likeness (QED) is 0.811. The minimum atomic E-state index is 0.299. The summed E-state index contributed by atoms with van der Waals surface area (Å²) in [6, 6.07) is 8.28. The first kappa shape index (κ1) is 14.6. The summed E-state index contributed by atoms with van der Waals surface area (Å²) in [5, 5.41) is 19.1. The van der Waals surface area contributed by atoms with Crippen LogP contribution in [-0.2, 0) is 12.8 Å². The van der Waals surface area contributed by atoms with E-state index in [0.717, 1.165) is 42.5 Å². The number of aromatic nitrogens is 2. The number of nitriles is 2. The van der Waals surface area contributed by atoms with E-state index in [2.05, 4.69) is 22.1 Å². The van der Waals surface area contributed by atoms with E-state index in [9.17, 15) is 5.26 Å². The van der Waals surface area contributed by atoms with Crippen LogP contribution in [0.4, 0.5) is 0 Å². The predicted octanol–water partition coefficient (Wildman–Crippen LogP) is 3.51. The molecule has 108 valence electrons. The van der Waals surface area contributed by atoms with E-state index in [1.54, 1.807) is 12.4 Å². The predicted molar refractivity (Wildman–Crippen MR) is 85.2 cm³/mol. The number of rotatable bonds is 3. The van der Waals surface area contributed by atoms with Gasteiger partial charge < -0.3 is 0 Å². The molecule has 0 saturated heterocycles. The summed E-state index contributed by atoms with van der Waals surface area (Å²) in [6.07, 6.45) is 7.66. The van der Waals surface area contributed by atoms with Gasteiger partial charge in [-0.05, 0) is 37.3 Å². The SMILES string of the molecule is N#CCSc1nc2c(c(-c3cccnc3)c1C#N)CCCC2. The van der Waals surface area contributed by atoms with Crippen molar-refractivity contribution in [3.63, 3.8) is 0 Å². The fourth-order valence-corrected chi connectivity index (χ4v) is 3.52. The lowest BCUT2D eigenvalue weighted by Gasteiger charge is -2.21. The molecule has 0 bridgehead atoms. The maximum Gasteiger partial charge on any atom is 0.116 e. The van der Waals surface area contributed by atoms with E-state index in [-0.39, 0.29) is 0 Å². The van der Waals surface area contributed by atoms with Gasteiger partial charge in [0.1, 0.15) is 11.1 Å². The summed E-state index contributed by atoms with van der Waals surface area (Å²) in [5.41, 5.74) is 4.75. The second-order valence-electron chi connectivity index (χ2n) is 5.10. The molecule has 2 heterocycles. The van der Waals surface area contributed by atoms with Crippen LogP contribution < -0.4 is 0 Å². The molecule has 0 amide bonds. The molecule has 0 N–H and O–H groups in total. The van der Waals surface area contributed by atoms with Crippen molar-refractivity contribution in [1.82, 2.24) is 9.97 Å². The van der Waals surface area contributed by atoms with E-state index in [1.165, 1.54) is 17.3 Å². The van der Waals surface area contributed by atoms with Gasteiger partial charge in [0.05, 0.1) is 17.4 Å². The van der Waals surface area contributed by atoms with Crippen molar-refractivity contribution >= 4 is 11.8 Å². The van der Waals surface area contributed by atoms with Crippen molar-refractivity contribution in [3.05, 3.63) is 41.3 Å². The largest absolute Gasteiger partial charge is 0.264 e. The molecule has 3 rings (SSSR count). The zero-order valence-electron chi connectivity index (χ0n) is 12.0. The number of fused-ring (bicyclic) bond motifs is 1. The highest BCUT2D eigenvalue weighted by molar-refractivity contribution is 7.99. The maximum absolute atomic E-state index is 9.65. The molecular formula is C17H14N4S. The summed E-state index contributed by atoms with van der Waals surface area (Å²) < 4.78 is 0. The van der Waals surface area contributed by atoms with Gasteiger partial charge in [-0.1, -0.05) is 17.8 Å². The van der Waals surface area contributed by atoms with E-state index in [4.69, 9.17) is 5.26 Å². The molecule has 1 aliphatic carbocycles. The Bertz CT molecular complexity index is 772. The van der Waals surface area contributed by atoms with E-state index >= 15 is 0 Å². The molecule has 0 unspecified atom stereocenters. The van der Waals surface area contributed by atoms with Gasteiger partial charge in [-0.2, -0.15) is 10.5 Å². The van der Waals surface area contributed by atoms with Crippen LogP contribution in [0, 0.1) is 22.7 Å². The maximum atomic E-state index is 9.65. The van der Waals surface area contributed by atoms with Gasteiger partial charge in [-0.25, -0.2) is 4.98 Å². The number of hydrogen-bond donors (Lipinski definition) is 0. The van der Waals surface area contributed by atoms with Crippen molar-refractivity contribution < 1.29 is 0 Å². The molecule has 0 radical (unpaired) electrons. The lowest BCUT2D eigenvalue weighted by Crippen LogP contribution is -2.10. The highest BCUT2D eigenvalue weighted by atomic mass is 32.2. The molecule has 2 aromatic heterocycles. The fourth-order valence-electron chi connectivity index (χ4n) is 2.86. The van der Waals surface area contributed by atoms with Crippen LogP contribution >= 0.6 is 11.8 Å². The Kier molecular flexibility index (Phi) is 4.37. The Hall–Kier alpha value is -2.37. The van der Waals surface area contributed by atoms with Crippen LogP contribution in [0.1, 0.15) is 29.7 Å². The second-order valence-corrected chi connectivity index (χ2v) is 6.06. The van der Waals surface area contributed by atoms with Gasteiger partial charge in [0.15, 0.2) is 0 Å². The van der Waals surface area contributed by atoms with Gasteiger partial charge in [0, 0.05) is 29.2 Å². The van der Waals surface area contributed by atoms with Crippen LogP contribution in [0.15, 0.2) is 29.6 Å². The number of aryl methyl sites for hydroxylation is 1. The smallest absolute Gasteiger partial charge is 0.116 e. The van der Waals surface area contributed by atoms with Crippen molar-refractivity contribution in [1.29, 1.82) is 10.5 Å². The summed E-state index contributed by atoms with van der Waals surface area (Å²) in [4.78, 5) is 8.86. The molecule has 0 aliphatic heterocycles. The molecule has 22 heavy (non-hydrogen) atoms. The first-order valence-corrected chi connectivity index (χ1v) is 8.19. The van der Waals surface area contributed by atoms with Crippen molar-refractivity contribution in [2.75, 3.05) is 5.75 Å². The Morgan fingerprint density at radius 2 is 2.09 bits per heavy atom. The number of pyridine rings is 2. The third-order valence-corrected chi connectivity index (χ3v) is 4.62. The van der Waals surface area contributed by atoms with Crippen LogP contribution in [-0.4, -0.2) is 15.7 Å². The highest BCUT2D eigenvalue weighted by Crippen LogP contribution is 2.37. The van der Waals surface area contributed by atoms with Gasteiger partial charge in [0.2, 0.25) is 0 Å². The molecule has 0 aromatic carbocycles. The lowest BCUT2D eigenvalue weighted by atomic mass is 9.87. The molecular weight excluding hydrogens is 292 g/mol. The Morgan fingerprint density at radius 3 is 2.82 bits per heavy atom. The number of hydrogen-bond acceptors (Lipinski definition) is 5. The van der Waals surface area contributed by atoms with Crippen LogP contribution in [0.3, 0.4) is 0 Å². The van der Waals surface area contributed by atoms with Gasteiger partial charge in [-0.15, -0.1) is 0 Å². The van der Waals surface area contributed by atoms with Crippen LogP contribution in [0.5, 0.6) is 0 Å². The third-order valence-electron chi connectivity index (χ3n) is 3.78. The Morgan fingerprint density at radius 1 is 1.23 bits per heavy atom. The highest BCUT2D eigenvalue weighted by Gasteiger charge is 2.23. The average Bonchev–Trinajstić information content (AvgIpc) is 2.59. The Labute approximate surface area is 133 Å². The average molecular weight is 306 g/mol. The van der Waals surface area contributed by atoms with Crippen molar-refractivity contribution in [3.8, 4) is 23.3 Å². The molecule has 4 nitrogen and oxygen atoms in total. The Balaban J connectivity index is 2.25. The normalized spacial score (nSPS) is 13.0. The first-order chi connectivity index (χ1) is 10.8. The standard InChI is InChI=1S/C17H14N4S/c18-7-9-22-17-14(10-19)16(12-4-3-8-20-11-12)13-5-1-2-6-15(13)21-17/h3-4,8,11H,1-2,5-6,9H2. The molecule has 2 aromatic rings. The first-order valence-electron chi connectivity index (χ1n) is 7.21. The monoisotopic (exact) mass is 306 g/mol. The van der Waals surface area contributed by atoms with Gasteiger partial charge in [-0.3, -0.25) is 4.98 Å². The van der Waals surface area contributed by atoms with Crippen molar-refractivity contribution in [2.24, 2.45) is 0 Å². The summed E-state index contributed by atoms with van der Waals surface area (Å²) in [6.45, 7) is 0. The third kappa shape index (κ3) is 2.68. The van der Waals surface area contributed by atoms with Crippen LogP contribution in [0.25, 0.3) is 11.1 Å². The minimum absolute atomic E-state index is 0.299. The number of thioether (sulfide) groups is 1. The second kappa shape index (κ2) is 6.60. The van der Waals surface area contributed by atoms with E-state index < -0.39 is 0 Å². The summed E-state index contributed by atoms with van der Waals surface area (Å²) >= 11 is 1.34. The topological polar surface area (TPSA) is 73.4 Å². The van der Waals surface area contributed by atoms with Gasteiger partial charge >= 0.3 is 0 Å². The fraction of sp³-hybridized carbons (Fsp3) is 0.294. The zero-order valence-corrected chi connectivity index (χ0v) is 12.9. The molecule has 0 atom stereocenters. The van der Waals surface area contributed by atoms with Crippen LogP contribution in [0.2, 0.25) is 0 Å². The van der Waals surface area contributed by atoms with E-state index in [0.29, 0.717) is 16.3 Å². The molecule has 1 aliphatic rings. The molecule has 5 heteroatoms. The van der Waals surface area contributed by atoms with Gasteiger partial charge in [0.25, 0.3) is 0 Å². The lowest BCUT2D eigenvalue weighted by molar-refractivity contribution is 0.661. The molecule has 0 fully saturated rings. The minimum Gasteiger partial charge on any atom is -0.264 e. The molecule has 0 saturated carbocycles. The van der Waals surface area contributed by atoms with Crippen molar-refractivity contribution in [2.45, 2.75) is 30.7 Å². The summed E-state index contributed by atoms with van der Waals surface area (Å²) in [5.74, 6) is 0.299. The molecule has 0 spiro atoms. The zero-order chi connectivity index (χ0) is 15.4. The summed E-state index contributed by atoms with van der Waals surface area (Å²) in [7, 11) is 0. The number of nitrogens with zero attached hydrogens (tertiary/aromatic N) is 4. The van der Waals surface area contributed by atoms with E-state index in [1.807, 2.05) is 12.1 Å².